The summed E-state index contributed by atoms with van der Waals surface area (Å²) in [5.74, 6) is 2.42. The minimum atomic E-state index is -0.845. The van der Waals surface area contributed by atoms with Crippen molar-refractivity contribution in [2.45, 2.75) is 24.9 Å². The third-order valence-electron chi connectivity index (χ3n) is 3.37. The smallest absolute Gasteiger partial charge is 0.280 e. The maximum atomic E-state index is 11.8. The molecule has 3 atom stereocenters. The number of anilines is 1. The Morgan fingerprint density at radius 2 is 2.33 bits per heavy atom. The highest BCUT2D eigenvalue weighted by atomic mass is 16.5. The van der Waals surface area contributed by atoms with E-state index in [0.717, 1.165) is 0 Å². The number of ether oxygens (including phenoxy) is 1. The van der Waals surface area contributed by atoms with E-state index in [4.69, 9.17) is 22.0 Å². The van der Waals surface area contributed by atoms with Crippen LogP contribution in [0.1, 0.15) is 18.5 Å². The van der Waals surface area contributed by atoms with Crippen molar-refractivity contribution in [1.82, 2.24) is 19.5 Å². The molecule has 0 saturated carbocycles. The number of H-pyrrole nitrogens is 1. The number of aliphatic hydroxyl groups is 2. The Labute approximate surface area is 118 Å². The lowest BCUT2D eigenvalue weighted by atomic mass is 10.2. The van der Waals surface area contributed by atoms with Gasteiger partial charge in [-0.2, -0.15) is 4.98 Å². The maximum absolute atomic E-state index is 11.8. The Morgan fingerprint density at radius 1 is 1.57 bits per heavy atom. The van der Waals surface area contributed by atoms with E-state index in [9.17, 15) is 9.90 Å². The number of aromatic amines is 1. The van der Waals surface area contributed by atoms with Gasteiger partial charge >= 0.3 is 0 Å². The van der Waals surface area contributed by atoms with Gasteiger partial charge in [0.15, 0.2) is 17.0 Å². The molecule has 0 aliphatic carbocycles. The van der Waals surface area contributed by atoms with Crippen LogP contribution >= 0.6 is 0 Å². The topological polar surface area (TPSA) is 139 Å². The summed E-state index contributed by atoms with van der Waals surface area (Å²) in [6, 6.07) is 0. The molecule has 2 aromatic rings. The Kier molecular flexibility index (Phi) is 3.13. The second-order valence-corrected chi connectivity index (χ2v) is 4.69. The van der Waals surface area contributed by atoms with Crippen molar-refractivity contribution in [1.29, 1.82) is 0 Å². The van der Waals surface area contributed by atoms with Gasteiger partial charge in [-0.05, 0) is 5.92 Å². The van der Waals surface area contributed by atoms with Crippen LogP contribution in [-0.2, 0) is 4.74 Å². The highest BCUT2D eigenvalue weighted by Gasteiger charge is 2.36. The third-order valence-corrected chi connectivity index (χ3v) is 3.37. The number of nitrogens with two attached hydrogens (primary N) is 1. The lowest BCUT2D eigenvalue weighted by molar-refractivity contribution is -0.0434. The summed E-state index contributed by atoms with van der Waals surface area (Å²) >= 11 is 0. The van der Waals surface area contributed by atoms with Gasteiger partial charge in [0.05, 0.1) is 12.7 Å². The molecule has 3 rings (SSSR count). The molecule has 1 saturated heterocycles. The van der Waals surface area contributed by atoms with E-state index in [1.807, 2.05) is 0 Å². The normalized spacial score (nSPS) is 25.3. The zero-order valence-corrected chi connectivity index (χ0v) is 10.9. The summed E-state index contributed by atoms with van der Waals surface area (Å²) in [4.78, 5) is 22.2. The number of rotatable bonds is 2. The standard InChI is InChI=1S/C12H13N5O4/c1-2-7-14-9-10(15-12(13)16-11(9)20)17(7)8-3-5(19)6(4-18)21-8/h1,5-6,8,18-19H,3-4H2,(H3,13,15,16,20)/t5-,6+,8+/m0/s1. The average Bonchev–Trinajstić information content (AvgIpc) is 2.98. The molecule has 9 nitrogen and oxygen atoms in total. The number of nitrogens with zero attached hydrogens (tertiary/aromatic N) is 3. The molecule has 0 aromatic carbocycles. The molecule has 1 aliphatic heterocycles. The number of nitrogens with one attached hydrogen (secondary N) is 1. The van der Waals surface area contributed by atoms with E-state index in [0.29, 0.717) is 0 Å². The first-order chi connectivity index (χ1) is 10.0. The summed E-state index contributed by atoms with van der Waals surface area (Å²) in [5, 5.41) is 19.0. The molecular weight excluding hydrogens is 278 g/mol. The van der Waals surface area contributed by atoms with Crippen molar-refractivity contribution in [2.75, 3.05) is 12.3 Å². The Morgan fingerprint density at radius 3 is 2.95 bits per heavy atom. The van der Waals surface area contributed by atoms with E-state index in [1.165, 1.54) is 4.57 Å². The molecule has 3 heterocycles. The number of imidazole rings is 1. The van der Waals surface area contributed by atoms with Crippen LogP contribution in [0.2, 0.25) is 0 Å². The van der Waals surface area contributed by atoms with Gasteiger partial charge in [0.1, 0.15) is 12.3 Å². The summed E-state index contributed by atoms with van der Waals surface area (Å²) in [6.07, 6.45) is 3.35. The monoisotopic (exact) mass is 291 g/mol. The van der Waals surface area contributed by atoms with Crippen LogP contribution < -0.4 is 11.3 Å². The van der Waals surface area contributed by atoms with Crippen molar-refractivity contribution in [3.05, 3.63) is 16.2 Å². The highest BCUT2D eigenvalue weighted by molar-refractivity contribution is 5.72. The predicted molar refractivity (Wildman–Crippen MR) is 72.1 cm³/mol. The van der Waals surface area contributed by atoms with Gasteiger partial charge in [0.25, 0.3) is 5.56 Å². The van der Waals surface area contributed by atoms with Gasteiger partial charge in [-0.25, -0.2) is 4.98 Å². The molecule has 1 aliphatic rings. The number of aromatic nitrogens is 4. The SMILES string of the molecule is C#Cc1nc2c(=O)[nH]c(N)nc2n1[C@H]1C[C@H](O)[C@@H](CO)O1. The molecule has 5 N–H and O–H groups in total. The zero-order chi connectivity index (χ0) is 15.1. The second kappa shape index (κ2) is 4.85. The molecule has 0 bridgehead atoms. The first-order valence-electron chi connectivity index (χ1n) is 6.24. The Bertz CT molecular complexity index is 789. The van der Waals surface area contributed by atoms with Crippen molar-refractivity contribution < 1.29 is 14.9 Å². The fourth-order valence-corrected chi connectivity index (χ4v) is 2.41. The van der Waals surface area contributed by atoms with E-state index in [1.54, 1.807) is 0 Å². The van der Waals surface area contributed by atoms with Gasteiger partial charge in [-0.15, -0.1) is 6.42 Å². The number of hydrogen-bond donors (Lipinski definition) is 4. The predicted octanol–water partition coefficient (Wildman–Crippen LogP) is -1.68. The number of nitrogen functional groups attached to an aromatic ring is 1. The number of fused-ring (bicyclic) bond motifs is 1. The third kappa shape index (κ3) is 2.06. The molecule has 9 heteroatoms. The van der Waals surface area contributed by atoms with E-state index < -0.39 is 24.0 Å². The number of terminal acetylenes is 1. The van der Waals surface area contributed by atoms with E-state index in [2.05, 4.69) is 20.9 Å². The van der Waals surface area contributed by atoms with Crippen LogP contribution in [0.4, 0.5) is 5.95 Å². The van der Waals surface area contributed by atoms with Crippen LogP contribution in [0, 0.1) is 12.3 Å². The van der Waals surface area contributed by atoms with Crippen LogP contribution in [0.5, 0.6) is 0 Å². The molecule has 0 spiro atoms. The molecule has 0 unspecified atom stereocenters. The fraction of sp³-hybridized carbons (Fsp3) is 0.417. The highest BCUT2D eigenvalue weighted by Crippen LogP contribution is 2.31. The minimum absolute atomic E-state index is 0.0442. The molecular formula is C12H13N5O4. The molecule has 2 aromatic heterocycles. The molecule has 21 heavy (non-hydrogen) atoms. The summed E-state index contributed by atoms with van der Waals surface area (Å²) in [6.45, 7) is -0.328. The van der Waals surface area contributed by atoms with Crippen LogP contribution in [-0.4, -0.2) is 48.5 Å². The van der Waals surface area contributed by atoms with Crippen molar-refractivity contribution in [2.24, 2.45) is 0 Å². The second-order valence-electron chi connectivity index (χ2n) is 4.69. The van der Waals surface area contributed by atoms with Crippen molar-refractivity contribution in [3.63, 3.8) is 0 Å². The lowest BCUT2D eigenvalue weighted by Gasteiger charge is -2.14. The minimum Gasteiger partial charge on any atom is -0.394 e. The van der Waals surface area contributed by atoms with Gasteiger partial charge < -0.3 is 20.7 Å². The Balaban J connectivity index is 2.18. The zero-order valence-electron chi connectivity index (χ0n) is 10.9. The molecule has 110 valence electrons. The van der Waals surface area contributed by atoms with E-state index >= 15 is 0 Å². The van der Waals surface area contributed by atoms with Crippen LogP contribution in [0.15, 0.2) is 4.79 Å². The van der Waals surface area contributed by atoms with Gasteiger partial charge in [-0.1, -0.05) is 0 Å². The summed E-state index contributed by atoms with van der Waals surface area (Å²) in [5.41, 5.74) is 5.25. The van der Waals surface area contributed by atoms with Gasteiger partial charge in [0, 0.05) is 6.42 Å². The average molecular weight is 291 g/mol. The summed E-state index contributed by atoms with van der Waals surface area (Å²) in [7, 11) is 0. The summed E-state index contributed by atoms with van der Waals surface area (Å²) < 4.78 is 6.96. The maximum Gasteiger partial charge on any atom is 0.280 e. The van der Waals surface area contributed by atoms with E-state index in [-0.39, 0.29) is 36.0 Å². The van der Waals surface area contributed by atoms with Gasteiger partial charge in [-0.3, -0.25) is 14.3 Å². The molecule has 0 amide bonds. The first-order valence-corrected chi connectivity index (χ1v) is 6.24. The van der Waals surface area contributed by atoms with Gasteiger partial charge in [0.2, 0.25) is 5.95 Å². The van der Waals surface area contributed by atoms with Crippen LogP contribution in [0.3, 0.4) is 0 Å². The first kappa shape index (κ1) is 13.6. The Hall–Kier alpha value is -2.41. The lowest BCUT2D eigenvalue weighted by Crippen LogP contribution is -2.24. The van der Waals surface area contributed by atoms with Crippen molar-refractivity contribution in [3.8, 4) is 12.3 Å². The van der Waals surface area contributed by atoms with Crippen molar-refractivity contribution >= 4 is 17.1 Å². The van der Waals surface area contributed by atoms with Crippen LogP contribution in [0.25, 0.3) is 11.2 Å². The number of hydrogen-bond acceptors (Lipinski definition) is 7. The molecule has 0 radical (unpaired) electrons. The fourth-order valence-electron chi connectivity index (χ4n) is 2.41. The molecule has 1 fully saturated rings. The number of aliphatic hydroxyl groups excluding tert-OH is 2. The quantitative estimate of drug-likeness (QED) is 0.485. The largest absolute Gasteiger partial charge is 0.394 e.